The molecule has 0 saturated carbocycles. The highest BCUT2D eigenvalue weighted by Gasteiger charge is 2.39. The van der Waals surface area contributed by atoms with Crippen LogP contribution in [0.15, 0.2) is 421 Å². The predicted molar refractivity (Wildman–Crippen MR) is 504 cm³/mol. The normalized spacial score (nSPS) is 13.0. The summed E-state index contributed by atoms with van der Waals surface area (Å²) in [6, 6.07) is 151. The number of fused-ring (bicyclic) bond motifs is 16. The van der Waals surface area contributed by atoms with E-state index in [0.717, 1.165) is 100 Å². The Kier molecular flexibility index (Phi) is 16.3. The fourth-order valence-electron chi connectivity index (χ4n) is 19.8. The molecular formula is C116H80N2O2. The van der Waals surface area contributed by atoms with Crippen LogP contribution < -0.4 is 9.80 Å². The highest BCUT2D eigenvalue weighted by Crippen LogP contribution is 2.56. The van der Waals surface area contributed by atoms with Crippen LogP contribution in [-0.2, 0) is 10.8 Å². The lowest BCUT2D eigenvalue weighted by Crippen LogP contribution is -2.17. The lowest BCUT2D eigenvalue weighted by atomic mass is 9.81. The minimum atomic E-state index is -0.184. The summed E-state index contributed by atoms with van der Waals surface area (Å²) in [5.74, 6) is 0. The number of hydrogen-bond acceptors (Lipinski definition) is 4. The van der Waals surface area contributed by atoms with E-state index in [0.29, 0.717) is 0 Å². The average Bonchev–Trinajstić information content (AvgIpc) is 1.58. The van der Waals surface area contributed by atoms with Crippen LogP contribution in [0.2, 0.25) is 0 Å². The molecule has 0 radical (unpaired) electrons. The van der Waals surface area contributed by atoms with Crippen molar-refractivity contribution in [3.05, 3.63) is 435 Å². The Morgan fingerprint density at radius 1 is 0.175 bits per heavy atom. The SMILES string of the molecule is CC1(C)c2cc(-c3ccccc3)ccc2-c2ccc(N(c3ccc(-c4ccc5oc6ccccc6c5c4)cc3)c3ccc(-c4ccc5c6c(cccc46)-c4ccccc4-5)cc3)cc21.CC1(C)c2cc(-c3ccccc3)ccc2-c2ccc(N(c3ccc(-c4ccc5oc6ccccc6c5c4)cc3)c3ccc(-c4ccccc4)c4ccccc34)cc21. The summed E-state index contributed by atoms with van der Waals surface area (Å²) in [6.45, 7) is 9.50. The first-order valence-electron chi connectivity index (χ1n) is 41.7. The van der Waals surface area contributed by atoms with Crippen LogP contribution in [0.1, 0.15) is 49.9 Å². The molecule has 0 N–H and O–H groups in total. The van der Waals surface area contributed by atoms with E-state index in [1.165, 1.54) is 133 Å². The number of nitrogens with zero attached hydrogens (tertiary/aromatic N) is 2. The molecule has 566 valence electrons. The summed E-state index contributed by atoms with van der Waals surface area (Å²) in [5.41, 5.74) is 40.5. The lowest BCUT2D eigenvalue weighted by molar-refractivity contribution is 0.660. The van der Waals surface area contributed by atoms with Gasteiger partial charge in [0.15, 0.2) is 0 Å². The van der Waals surface area contributed by atoms with Crippen molar-refractivity contribution in [2.45, 2.75) is 38.5 Å². The van der Waals surface area contributed by atoms with Gasteiger partial charge in [0.25, 0.3) is 0 Å². The van der Waals surface area contributed by atoms with Crippen molar-refractivity contribution >= 4 is 99.5 Å². The highest BCUT2D eigenvalue weighted by molar-refractivity contribution is 6.19. The van der Waals surface area contributed by atoms with E-state index in [1.807, 2.05) is 24.3 Å². The summed E-state index contributed by atoms with van der Waals surface area (Å²) >= 11 is 0. The van der Waals surface area contributed by atoms with Crippen LogP contribution in [0, 0.1) is 0 Å². The smallest absolute Gasteiger partial charge is 0.135 e. The van der Waals surface area contributed by atoms with Crippen molar-refractivity contribution in [1.29, 1.82) is 0 Å². The van der Waals surface area contributed by atoms with E-state index in [2.05, 4.69) is 426 Å². The summed E-state index contributed by atoms with van der Waals surface area (Å²) in [4.78, 5) is 4.86. The molecule has 19 aromatic carbocycles. The highest BCUT2D eigenvalue weighted by atomic mass is 16.3. The molecule has 4 nitrogen and oxygen atoms in total. The molecule has 0 atom stereocenters. The van der Waals surface area contributed by atoms with Gasteiger partial charge in [0.2, 0.25) is 0 Å². The Labute approximate surface area is 698 Å². The lowest BCUT2D eigenvalue weighted by Gasteiger charge is -2.29. The fraction of sp³-hybridized carbons (Fsp3) is 0.0517. The molecule has 0 unspecified atom stereocenters. The molecule has 0 aliphatic heterocycles. The van der Waals surface area contributed by atoms with Gasteiger partial charge in [-0.15, -0.1) is 0 Å². The molecule has 3 aliphatic carbocycles. The van der Waals surface area contributed by atoms with Gasteiger partial charge >= 0.3 is 0 Å². The van der Waals surface area contributed by atoms with E-state index in [-0.39, 0.29) is 10.8 Å². The Hall–Kier alpha value is -15.1. The molecule has 2 heterocycles. The first kappa shape index (κ1) is 70.3. The second kappa shape index (κ2) is 27.8. The van der Waals surface area contributed by atoms with Gasteiger partial charge in [-0.1, -0.05) is 325 Å². The van der Waals surface area contributed by atoms with E-state index in [9.17, 15) is 0 Å². The molecule has 24 rings (SSSR count). The Bertz CT molecular complexity index is 7650. The van der Waals surface area contributed by atoms with Crippen molar-refractivity contribution in [2.24, 2.45) is 0 Å². The van der Waals surface area contributed by atoms with Gasteiger partial charge in [-0.05, 0) is 265 Å². The summed E-state index contributed by atoms with van der Waals surface area (Å²) in [6.07, 6.45) is 0. The number of anilines is 6. The number of benzene rings is 19. The Morgan fingerprint density at radius 3 is 1.00 bits per heavy atom. The zero-order valence-corrected chi connectivity index (χ0v) is 67.0. The van der Waals surface area contributed by atoms with Crippen molar-refractivity contribution in [2.75, 3.05) is 9.80 Å². The largest absolute Gasteiger partial charge is 0.456 e. The van der Waals surface area contributed by atoms with Crippen molar-refractivity contribution in [1.82, 2.24) is 0 Å². The van der Waals surface area contributed by atoms with Gasteiger partial charge in [0.05, 0.1) is 5.69 Å². The van der Waals surface area contributed by atoms with E-state index in [4.69, 9.17) is 8.83 Å². The molecular weight excluding hydrogens is 1450 g/mol. The zero-order valence-electron chi connectivity index (χ0n) is 67.0. The quantitative estimate of drug-likeness (QED) is 0.122. The minimum absolute atomic E-state index is 0.184. The average molecular weight is 1530 g/mol. The molecule has 4 heteroatoms. The Morgan fingerprint density at radius 2 is 0.483 bits per heavy atom. The molecule has 2 aromatic heterocycles. The van der Waals surface area contributed by atoms with Gasteiger partial charge in [-0.3, -0.25) is 0 Å². The van der Waals surface area contributed by atoms with Crippen LogP contribution >= 0.6 is 0 Å². The summed E-state index contributed by atoms with van der Waals surface area (Å²) in [7, 11) is 0. The molecule has 0 amide bonds. The third kappa shape index (κ3) is 11.5. The third-order valence-corrected chi connectivity index (χ3v) is 25.9. The topological polar surface area (TPSA) is 32.8 Å². The van der Waals surface area contributed by atoms with Gasteiger partial charge in [-0.25, -0.2) is 0 Å². The van der Waals surface area contributed by atoms with Crippen LogP contribution in [0.5, 0.6) is 0 Å². The molecule has 0 spiro atoms. The van der Waals surface area contributed by atoms with E-state index >= 15 is 0 Å². The zero-order chi connectivity index (χ0) is 79.9. The van der Waals surface area contributed by atoms with Gasteiger partial charge in [-0.2, -0.15) is 0 Å². The predicted octanol–water partition coefficient (Wildman–Crippen LogP) is 32.7. The van der Waals surface area contributed by atoms with Crippen LogP contribution in [0.25, 0.3) is 177 Å². The molecule has 0 bridgehead atoms. The van der Waals surface area contributed by atoms with E-state index in [1.54, 1.807) is 0 Å². The summed E-state index contributed by atoms with van der Waals surface area (Å²) in [5, 5.41) is 9.62. The monoisotopic (exact) mass is 1530 g/mol. The van der Waals surface area contributed by atoms with Crippen LogP contribution in [0.3, 0.4) is 0 Å². The number of rotatable bonds is 12. The first-order chi connectivity index (χ1) is 59.0. The second-order valence-corrected chi connectivity index (χ2v) is 33.4. The van der Waals surface area contributed by atoms with Gasteiger partial charge < -0.3 is 18.6 Å². The molecule has 21 aromatic rings. The van der Waals surface area contributed by atoms with Gasteiger partial charge in [0, 0.05) is 66.2 Å². The van der Waals surface area contributed by atoms with Crippen LogP contribution in [0.4, 0.5) is 34.1 Å². The third-order valence-electron chi connectivity index (χ3n) is 25.9. The molecule has 3 aliphatic rings. The standard InChI is InChI=1S/C61H41NO.C55H39NO/c1-61(2)56-36-42(38-11-4-3-5-12-38)23-30-49(56)50-31-29-45(37-57(50)61)62(43-25-19-39(20-26-43)41-24-34-59-55(35-41)51-15-8-9-18-58(51)63-59)44-27-21-40(22-28-44)46-32-33-54-48-14-7-6-13-47(48)53-17-10-16-52(46)60(53)54;1-55(2)50-34-40(36-13-5-3-6-14-36)23-28-45(50)46-29-27-42(35-51(46)55)56(52-31-30-43(38-15-7-4-8-16-38)44-17-9-10-18-47(44)52)41-25-21-37(22-26-41)39-24-32-54-49(33-39)48-19-11-12-20-53(48)57-54/h3-37H,1-2H3;3-35H,1-2H3. The Balaban J connectivity index is 0.000000141. The molecule has 0 saturated heterocycles. The van der Waals surface area contributed by atoms with E-state index < -0.39 is 0 Å². The first-order valence-corrected chi connectivity index (χ1v) is 41.7. The van der Waals surface area contributed by atoms with Crippen LogP contribution in [-0.4, -0.2) is 0 Å². The summed E-state index contributed by atoms with van der Waals surface area (Å²) < 4.78 is 12.3. The second-order valence-electron chi connectivity index (χ2n) is 33.4. The van der Waals surface area contributed by atoms with Gasteiger partial charge in [0.1, 0.15) is 22.3 Å². The van der Waals surface area contributed by atoms with Crippen molar-refractivity contribution in [3.8, 4) is 111 Å². The maximum atomic E-state index is 6.16. The fourth-order valence-corrected chi connectivity index (χ4v) is 19.8. The number of hydrogen-bond donors (Lipinski definition) is 0. The maximum absolute atomic E-state index is 6.16. The van der Waals surface area contributed by atoms with Crippen molar-refractivity contribution in [3.63, 3.8) is 0 Å². The number of furan rings is 2. The molecule has 0 fully saturated rings. The minimum Gasteiger partial charge on any atom is -0.456 e. The maximum Gasteiger partial charge on any atom is 0.135 e. The number of para-hydroxylation sites is 2. The molecule has 120 heavy (non-hydrogen) atoms. The van der Waals surface area contributed by atoms with Crippen molar-refractivity contribution < 1.29 is 8.83 Å².